The monoisotopic (exact) mass is 370 g/mol. The third kappa shape index (κ3) is 4.32. The van der Waals surface area contributed by atoms with Gasteiger partial charge in [-0.25, -0.2) is 4.98 Å². The van der Waals surface area contributed by atoms with E-state index in [1.165, 1.54) is 18.4 Å². The molecular weight excluding hydrogens is 340 g/mol. The van der Waals surface area contributed by atoms with Crippen LogP contribution in [0.1, 0.15) is 69.4 Å². The second-order valence-electron chi connectivity index (χ2n) is 9.22. The molecule has 0 radical (unpaired) electrons. The molecule has 146 valence electrons. The molecule has 27 heavy (non-hydrogen) atoms. The summed E-state index contributed by atoms with van der Waals surface area (Å²) in [6.07, 6.45) is 8.31. The Bertz CT molecular complexity index is 836. The quantitative estimate of drug-likeness (QED) is 0.808. The Morgan fingerprint density at radius 3 is 2.56 bits per heavy atom. The molecule has 0 spiro atoms. The first-order valence-electron chi connectivity index (χ1n) is 10.1. The summed E-state index contributed by atoms with van der Waals surface area (Å²) >= 11 is 0. The molecule has 1 saturated carbocycles. The molecule has 3 heterocycles. The van der Waals surface area contributed by atoms with Crippen molar-refractivity contribution < 1.29 is 4.52 Å². The maximum absolute atomic E-state index is 12.4. The minimum Gasteiger partial charge on any atom is -0.361 e. The molecule has 1 saturated heterocycles. The molecule has 0 bridgehead atoms. The highest BCUT2D eigenvalue weighted by atomic mass is 16.5. The third-order valence-electron chi connectivity index (χ3n) is 5.83. The van der Waals surface area contributed by atoms with E-state index in [1.807, 2.05) is 6.20 Å². The molecule has 6 nitrogen and oxygen atoms in total. The lowest BCUT2D eigenvalue weighted by molar-refractivity contribution is 0.165. The average molecular weight is 370 g/mol. The Balaban J connectivity index is 1.32. The number of likely N-dealkylation sites (tertiary alicyclic amines) is 1. The van der Waals surface area contributed by atoms with Crippen LogP contribution in [0.15, 0.2) is 27.9 Å². The molecule has 0 unspecified atom stereocenters. The Morgan fingerprint density at radius 1 is 1.19 bits per heavy atom. The van der Waals surface area contributed by atoms with Gasteiger partial charge in [-0.3, -0.25) is 14.3 Å². The molecule has 6 heteroatoms. The van der Waals surface area contributed by atoms with Crippen molar-refractivity contribution in [3.63, 3.8) is 0 Å². The van der Waals surface area contributed by atoms with Crippen molar-refractivity contribution in [2.24, 2.45) is 5.92 Å². The number of hydrogen-bond donors (Lipinski definition) is 0. The van der Waals surface area contributed by atoms with Gasteiger partial charge in [0.1, 0.15) is 5.76 Å². The van der Waals surface area contributed by atoms with Gasteiger partial charge in [0.05, 0.1) is 18.2 Å². The van der Waals surface area contributed by atoms with Gasteiger partial charge in [0.2, 0.25) is 0 Å². The van der Waals surface area contributed by atoms with E-state index in [1.54, 1.807) is 17.0 Å². The number of rotatable bonds is 5. The second kappa shape index (κ2) is 7.23. The molecule has 2 aliphatic rings. The van der Waals surface area contributed by atoms with Crippen molar-refractivity contribution in [3.05, 3.63) is 46.0 Å². The van der Waals surface area contributed by atoms with Gasteiger partial charge in [-0.05, 0) is 44.7 Å². The van der Waals surface area contributed by atoms with Crippen molar-refractivity contribution in [2.45, 2.75) is 70.9 Å². The van der Waals surface area contributed by atoms with Gasteiger partial charge in [0.15, 0.2) is 0 Å². The largest absolute Gasteiger partial charge is 0.361 e. The van der Waals surface area contributed by atoms with Gasteiger partial charge >= 0.3 is 0 Å². The molecule has 0 N–H and O–H groups in total. The van der Waals surface area contributed by atoms with Crippen molar-refractivity contribution in [3.8, 4) is 0 Å². The average Bonchev–Trinajstić information content (AvgIpc) is 3.37. The number of aromatic nitrogens is 3. The van der Waals surface area contributed by atoms with Crippen molar-refractivity contribution in [2.75, 3.05) is 13.1 Å². The van der Waals surface area contributed by atoms with E-state index in [-0.39, 0.29) is 11.0 Å². The van der Waals surface area contributed by atoms with E-state index in [9.17, 15) is 4.79 Å². The first-order valence-corrected chi connectivity index (χ1v) is 10.1. The van der Waals surface area contributed by atoms with Crippen LogP contribution in [0.2, 0.25) is 0 Å². The summed E-state index contributed by atoms with van der Waals surface area (Å²) in [4.78, 5) is 19.4. The van der Waals surface area contributed by atoms with Crippen LogP contribution in [0.5, 0.6) is 0 Å². The Kier molecular flexibility index (Phi) is 4.93. The zero-order valence-electron chi connectivity index (χ0n) is 16.6. The lowest BCUT2D eigenvalue weighted by atomic mass is 9.92. The van der Waals surface area contributed by atoms with Gasteiger partial charge in [-0.1, -0.05) is 25.9 Å². The van der Waals surface area contributed by atoms with E-state index in [0.717, 1.165) is 50.5 Å². The summed E-state index contributed by atoms with van der Waals surface area (Å²) in [5.74, 6) is 2.25. The second-order valence-corrected chi connectivity index (χ2v) is 9.22. The molecule has 2 fully saturated rings. The molecule has 0 amide bonds. The Hall–Kier alpha value is -1.95. The van der Waals surface area contributed by atoms with Crippen molar-refractivity contribution in [1.29, 1.82) is 0 Å². The third-order valence-corrected chi connectivity index (χ3v) is 5.83. The van der Waals surface area contributed by atoms with Crippen LogP contribution < -0.4 is 5.56 Å². The van der Waals surface area contributed by atoms with Gasteiger partial charge in [0, 0.05) is 36.1 Å². The summed E-state index contributed by atoms with van der Waals surface area (Å²) in [7, 11) is 0. The zero-order valence-corrected chi connectivity index (χ0v) is 16.6. The molecule has 2 aromatic rings. The van der Waals surface area contributed by atoms with Crippen molar-refractivity contribution >= 4 is 0 Å². The fourth-order valence-electron chi connectivity index (χ4n) is 3.89. The zero-order chi connectivity index (χ0) is 19.0. The highest BCUT2D eigenvalue weighted by Crippen LogP contribution is 2.42. The van der Waals surface area contributed by atoms with E-state index >= 15 is 0 Å². The lowest BCUT2D eigenvalue weighted by Crippen LogP contribution is -2.36. The Labute approximate surface area is 160 Å². The predicted octanol–water partition coefficient (Wildman–Crippen LogP) is 3.32. The molecule has 0 atom stereocenters. The lowest BCUT2D eigenvalue weighted by Gasteiger charge is -2.32. The molecular formula is C21H30N4O2. The highest BCUT2D eigenvalue weighted by Gasteiger charge is 2.31. The van der Waals surface area contributed by atoms with Crippen molar-refractivity contribution in [1.82, 2.24) is 19.6 Å². The van der Waals surface area contributed by atoms with Crippen LogP contribution >= 0.6 is 0 Å². The molecule has 0 aromatic carbocycles. The fraction of sp³-hybridized carbons (Fsp3) is 0.667. The van der Waals surface area contributed by atoms with Crippen LogP contribution in [0.25, 0.3) is 0 Å². The maximum Gasteiger partial charge on any atom is 0.253 e. The van der Waals surface area contributed by atoms with Crippen LogP contribution in [0, 0.1) is 5.92 Å². The van der Waals surface area contributed by atoms with Gasteiger partial charge in [0.25, 0.3) is 5.56 Å². The first-order chi connectivity index (χ1) is 12.9. The molecule has 2 aromatic heterocycles. The van der Waals surface area contributed by atoms with E-state index in [0.29, 0.717) is 11.8 Å². The molecule has 4 rings (SSSR count). The Morgan fingerprint density at radius 2 is 1.93 bits per heavy atom. The number of piperidine rings is 1. The van der Waals surface area contributed by atoms with Crippen LogP contribution in [0.3, 0.4) is 0 Å². The summed E-state index contributed by atoms with van der Waals surface area (Å²) in [5.41, 5.74) is 2.09. The standard InChI is InChI=1S/C21H30N4O2/c1-21(2,3)18-10-19(26)25(14-22-18)12-15-6-8-24(9-7-15)13-17-11-23-27-20(17)16-4-5-16/h10-11,14-16H,4-9,12-13H2,1-3H3. The predicted molar refractivity (Wildman–Crippen MR) is 104 cm³/mol. The summed E-state index contributed by atoms with van der Waals surface area (Å²) in [5, 5.41) is 4.01. The number of hydrogen-bond acceptors (Lipinski definition) is 5. The minimum atomic E-state index is -0.0924. The van der Waals surface area contributed by atoms with Crippen LogP contribution in [-0.2, 0) is 18.5 Å². The smallest absolute Gasteiger partial charge is 0.253 e. The fourth-order valence-corrected chi connectivity index (χ4v) is 3.89. The van der Waals surface area contributed by atoms with E-state index in [4.69, 9.17) is 4.52 Å². The van der Waals surface area contributed by atoms with Gasteiger partial charge < -0.3 is 4.52 Å². The summed E-state index contributed by atoms with van der Waals surface area (Å²) in [6, 6.07) is 1.69. The molecule has 1 aliphatic heterocycles. The van der Waals surface area contributed by atoms with E-state index < -0.39 is 0 Å². The van der Waals surface area contributed by atoms with E-state index in [2.05, 4.69) is 35.8 Å². The maximum atomic E-state index is 12.4. The summed E-state index contributed by atoms with van der Waals surface area (Å²) in [6.45, 7) is 10.1. The minimum absolute atomic E-state index is 0.0656. The number of nitrogens with zero attached hydrogens (tertiary/aromatic N) is 4. The van der Waals surface area contributed by atoms with Crippen LogP contribution in [-0.4, -0.2) is 32.7 Å². The van der Waals surface area contributed by atoms with Gasteiger partial charge in [-0.15, -0.1) is 0 Å². The van der Waals surface area contributed by atoms with Gasteiger partial charge in [-0.2, -0.15) is 0 Å². The normalized spacial score (nSPS) is 19.5. The first kappa shape index (κ1) is 18.4. The topological polar surface area (TPSA) is 64.2 Å². The summed E-state index contributed by atoms with van der Waals surface area (Å²) < 4.78 is 7.23. The van der Waals surface area contributed by atoms with Crippen LogP contribution in [0.4, 0.5) is 0 Å². The molecule has 1 aliphatic carbocycles. The SMILES string of the molecule is CC(C)(C)c1cc(=O)n(CC2CCN(Cc3cnoc3C3CC3)CC2)cn1. The highest BCUT2D eigenvalue weighted by molar-refractivity contribution is 5.21.